The highest BCUT2D eigenvalue weighted by molar-refractivity contribution is 9.10. The van der Waals surface area contributed by atoms with E-state index in [1.807, 2.05) is 6.07 Å². The molecule has 0 saturated carbocycles. The van der Waals surface area contributed by atoms with Crippen LogP contribution in [0.4, 0.5) is 0 Å². The molecule has 2 aliphatic carbocycles. The molecule has 0 bridgehead atoms. The monoisotopic (exact) mass is 448 g/mol. The van der Waals surface area contributed by atoms with Gasteiger partial charge in [0.15, 0.2) is 0 Å². The zero-order valence-corrected chi connectivity index (χ0v) is 19.3. The van der Waals surface area contributed by atoms with Crippen LogP contribution in [0, 0.1) is 0 Å². The van der Waals surface area contributed by atoms with Gasteiger partial charge in [0.05, 0.1) is 0 Å². The van der Waals surface area contributed by atoms with Crippen LogP contribution in [0.1, 0.15) is 49.9 Å². The summed E-state index contributed by atoms with van der Waals surface area (Å²) in [4.78, 5) is 0. The molecule has 0 saturated heterocycles. The van der Waals surface area contributed by atoms with Crippen LogP contribution in [0.3, 0.4) is 0 Å². The number of hydrogen-bond acceptors (Lipinski definition) is 0. The summed E-state index contributed by atoms with van der Waals surface area (Å²) >= 11 is 3.84. The van der Waals surface area contributed by atoms with Gasteiger partial charge in [0.25, 0.3) is 0 Å². The van der Waals surface area contributed by atoms with Crippen LogP contribution >= 0.6 is 15.9 Å². The van der Waals surface area contributed by atoms with Gasteiger partial charge in [-0.15, -0.1) is 0 Å². The van der Waals surface area contributed by atoms with Gasteiger partial charge in [-0.2, -0.15) is 0 Å². The van der Waals surface area contributed by atoms with Crippen molar-refractivity contribution in [3.63, 3.8) is 0 Å². The zero-order valence-electron chi connectivity index (χ0n) is 17.7. The molecule has 2 aliphatic rings. The summed E-state index contributed by atoms with van der Waals surface area (Å²) in [7, 11) is 6.16. The molecule has 0 amide bonds. The number of hydrogen-bond donors (Lipinski definition) is 0. The molecule has 0 unspecified atom stereocenters. The van der Waals surface area contributed by atoms with Crippen molar-refractivity contribution in [2.45, 2.75) is 38.5 Å². The van der Waals surface area contributed by atoms with Gasteiger partial charge in [-0.3, -0.25) is 0 Å². The Hall–Kier alpha value is -2.32. The summed E-state index contributed by atoms with van der Waals surface area (Å²) in [6.45, 7) is 9.36. The lowest BCUT2D eigenvalue weighted by Gasteiger charge is -2.24. The van der Waals surface area contributed by atoms with Crippen LogP contribution in [0.5, 0.6) is 0 Å². The van der Waals surface area contributed by atoms with Crippen molar-refractivity contribution in [3.8, 4) is 22.3 Å². The predicted octanol–water partition coefficient (Wildman–Crippen LogP) is 7.01. The second-order valence-electron chi connectivity index (χ2n) is 9.82. The minimum atomic E-state index is -0.0624. The highest BCUT2D eigenvalue weighted by Crippen LogP contribution is 2.57. The second-order valence-corrected chi connectivity index (χ2v) is 10.7. The van der Waals surface area contributed by atoms with E-state index in [9.17, 15) is 0 Å². The standard InChI is InChI=1S/C28H22BBr/c1-27(2)21-11-15(29)9-10-16(21)19-12-23-20(13-22(19)27)26-18-8-6-5-7-17(18)25(30)14-24(26)28(23,3)4/h5-14H,1-4H3. The maximum Gasteiger partial charge on any atom is 0.113 e. The molecule has 30 heavy (non-hydrogen) atoms. The van der Waals surface area contributed by atoms with Crippen LogP contribution in [-0.4, -0.2) is 7.85 Å². The maximum atomic E-state index is 6.16. The van der Waals surface area contributed by atoms with Crippen molar-refractivity contribution < 1.29 is 0 Å². The molecule has 144 valence electrons. The topological polar surface area (TPSA) is 0 Å². The first-order valence-electron chi connectivity index (χ1n) is 10.5. The van der Waals surface area contributed by atoms with Gasteiger partial charge in [-0.25, -0.2) is 0 Å². The smallest absolute Gasteiger partial charge is 0.0963 e. The SMILES string of the molecule is [B]c1ccc2c(c1)C(C)(C)c1cc3c(cc1-2)C(C)(C)c1cc(Br)c2ccccc2c1-3. The fourth-order valence-electron chi connectivity index (χ4n) is 5.78. The van der Waals surface area contributed by atoms with E-state index >= 15 is 0 Å². The van der Waals surface area contributed by atoms with E-state index in [4.69, 9.17) is 7.85 Å². The molecule has 0 spiro atoms. The van der Waals surface area contributed by atoms with Gasteiger partial charge in [-0.1, -0.05) is 91.6 Å². The second kappa shape index (κ2) is 5.68. The fourth-order valence-corrected chi connectivity index (χ4v) is 6.36. The Morgan fingerprint density at radius 3 is 2.00 bits per heavy atom. The quantitative estimate of drug-likeness (QED) is 0.254. The molecule has 2 heteroatoms. The highest BCUT2D eigenvalue weighted by atomic mass is 79.9. The Bertz CT molecular complexity index is 1410. The van der Waals surface area contributed by atoms with E-state index in [2.05, 4.69) is 98.2 Å². The summed E-state index contributed by atoms with van der Waals surface area (Å²) in [6, 6.07) is 22.4. The normalized spacial score (nSPS) is 16.8. The average molecular weight is 449 g/mol. The van der Waals surface area contributed by atoms with Gasteiger partial charge in [0.2, 0.25) is 0 Å². The predicted molar refractivity (Wildman–Crippen MR) is 132 cm³/mol. The van der Waals surface area contributed by atoms with Crippen LogP contribution in [0.2, 0.25) is 0 Å². The van der Waals surface area contributed by atoms with Crippen LogP contribution in [0.15, 0.2) is 65.1 Å². The third-order valence-corrected chi connectivity index (χ3v) is 8.10. The van der Waals surface area contributed by atoms with E-state index in [0.29, 0.717) is 0 Å². The van der Waals surface area contributed by atoms with Crippen LogP contribution in [0.25, 0.3) is 33.0 Å². The number of halogens is 1. The summed E-state index contributed by atoms with van der Waals surface area (Å²) in [6.07, 6.45) is 0. The Kier molecular flexibility index (Phi) is 3.49. The molecule has 4 aromatic rings. The van der Waals surface area contributed by atoms with Gasteiger partial charge in [0.1, 0.15) is 7.85 Å². The van der Waals surface area contributed by atoms with E-state index in [-0.39, 0.29) is 10.8 Å². The first-order valence-corrected chi connectivity index (χ1v) is 11.3. The molecule has 6 rings (SSSR count). The molecule has 0 aliphatic heterocycles. The molecule has 0 N–H and O–H groups in total. The summed E-state index contributed by atoms with van der Waals surface area (Å²) in [5.41, 5.74) is 11.7. The number of rotatable bonds is 0. The molecule has 0 nitrogen and oxygen atoms in total. The largest absolute Gasteiger partial charge is 0.113 e. The third kappa shape index (κ3) is 2.13. The minimum Gasteiger partial charge on any atom is -0.0963 e. The summed E-state index contributed by atoms with van der Waals surface area (Å²) in [5.74, 6) is 0. The number of fused-ring (bicyclic) bond motifs is 8. The Morgan fingerprint density at radius 1 is 0.633 bits per heavy atom. The van der Waals surface area contributed by atoms with Crippen molar-refractivity contribution in [1.82, 2.24) is 0 Å². The highest BCUT2D eigenvalue weighted by Gasteiger charge is 2.42. The molecule has 0 fully saturated rings. The zero-order chi connectivity index (χ0) is 21.0. The van der Waals surface area contributed by atoms with E-state index in [0.717, 1.165) is 5.46 Å². The van der Waals surface area contributed by atoms with Crippen molar-refractivity contribution >= 4 is 40.0 Å². The lowest BCUT2D eigenvalue weighted by Crippen LogP contribution is -2.18. The summed E-state index contributed by atoms with van der Waals surface area (Å²) in [5, 5.41) is 2.60. The van der Waals surface area contributed by atoms with Crippen molar-refractivity contribution in [1.29, 1.82) is 0 Å². The third-order valence-electron chi connectivity index (χ3n) is 7.45. The lowest BCUT2D eigenvalue weighted by atomic mass is 9.78. The molecule has 4 aromatic carbocycles. The van der Waals surface area contributed by atoms with Gasteiger partial charge < -0.3 is 0 Å². The molecular formula is C28H22BBr. The number of benzene rings is 4. The van der Waals surface area contributed by atoms with Gasteiger partial charge in [-0.05, 0) is 73.5 Å². The molecule has 2 radical (unpaired) electrons. The fraction of sp³-hybridized carbons (Fsp3) is 0.214. The Morgan fingerprint density at radius 2 is 1.23 bits per heavy atom. The van der Waals surface area contributed by atoms with Gasteiger partial charge >= 0.3 is 0 Å². The molecular weight excluding hydrogens is 427 g/mol. The first kappa shape index (κ1) is 18.5. The van der Waals surface area contributed by atoms with E-state index in [1.54, 1.807) is 0 Å². The Balaban J connectivity index is 1.73. The van der Waals surface area contributed by atoms with Crippen molar-refractivity contribution in [2.24, 2.45) is 0 Å². The summed E-state index contributed by atoms with van der Waals surface area (Å²) < 4.78 is 1.17. The van der Waals surface area contributed by atoms with Crippen LogP contribution in [-0.2, 0) is 10.8 Å². The van der Waals surface area contributed by atoms with Crippen molar-refractivity contribution in [2.75, 3.05) is 0 Å². The van der Waals surface area contributed by atoms with Crippen molar-refractivity contribution in [3.05, 3.63) is 87.4 Å². The van der Waals surface area contributed by atoms with E-state index < -0.39 is 0 Å². The maximum absolute atomic E-state index is 6.16. The average Bonchev–Trinajstić information content (AvgIpc) is 3.06. The minimum absolute atomic E-state index is 0.0487. The lowest BCUT2D eigenvalue weighted by molar-refractivity contribution is 0.652. The van der Waals surface area contributed by atoms with E-state index in [1.165, 1.54) is 59.8 Å². The van der Waals surface area contributed by atoms with Crippen LogP contribution < -0.4 is 5.46 Å². The Labute approximate surface area is 187 Å². The molecule has 0 heterocycles. The first-order chi connectivity index (χ1) is 14.2. The molecule has 0 atom stereocenters. The van der Waals surface area contributed by atoms with Gasteiger partial charge in [0, 0.05) is 15.3 Å². The molecule has 0 aromatic heterocycles.